The van der Waals surface area contributed by atoms with Gasteiger partial charge in [-0.2, -0.15) is 0 Å². The van der Waals surface area contributed by atoms with Gasteiger partial charge in [0.05, 0.1) is 5.88 Å². The Hall–Kier alpha value is 0.0400. The molecule has 0 spiro atoms. The van der Waals surface area contributed by atoms with E-state index in [0.29, 0.717) is 5.88 Å². The molecule has 0 saturated heterocycles. The van der Waals surface area contributed by atoms with Gasteiger partial charge in [-0.25, -0.2) is 0 Å². The average Bonchev–Trinajstić information content (AvgIpc) is 2.86. The Morgan fingerprint density at radius 2 is 2.23 bits per heavy atom. The van der Waals surface area contributed by atoms with Gasteiger partial charge in [-0.3, -0.25) is 0 Å². The zero-order valence-corrected chi connectivity index (χ0v) is 10.0. The molecule has 2 rings (SSSR count). The first-order valence-corrected chi connectivity index (χ1v) is 5.86. The van der Waals surface area contributed by atoms with E-state index in [0.717, 1.165) is 18.6 Å². The second-order valence-electron chi connectivity index (χ2n) is 3.38. The summed E-state index contributed by atoms with van der Waals surface area (Å²) in [5, 5.41) is 0. The molecule has 3 heteroatoms. The summed E-state index contributed by atoms with van der Waals surface area (Å²) in [4.78, 5) is 0. The van der Waals surface area contributed by atoms with Crippen molar-refractivity contribution in [1.29, 1.82) is 0 Å². The largest absolute Gasteiger partial charge is 0.486 e. The molecule has 1 aromatic rings. The molecule has 13 heavy (non-hydrogen) atoms. The van der Waals surface area contributed by atoms with Crippen molar-refractivity contribution in [2.24, 2.45) is 0 Å². The van der Waals surface area contributed by atoms with Crippen LogP contribution in [0.4, 0.5) is 0 Å². The minimum Gasteiger partial charge on any atom is -0.486 e. The van der Waals surface area contributed by atoms with Gasteiger partial charge in [0, 0.05) is 3.57 Å². The molecule has 0 N–H and O–H groups in total. The van der Waals surface area contributed by atoms with Gasteiger partial charge in [-0.1, -0.05) is 6.07 Å². The van der Waals surface area contributed by atoms with Crippen LogP contribution in [0.5, 0.6) is 5.75 Å². The molecule has 1 fully saturated rings. The van der Waals surface area contributed by atoms with Gasteiger partial charge < -0.3 is 4.74 Å². The fourth-order valence-corrected chi connectivity index (χ4v) is 2.02. The minimum absolute atomic E-state index is 0.0496. The van der Waals surface area contributed by atoms with E-state index < -0.39 is 0 Å². The van der Waals surface area contributed by atoms with Crippen LogP contribution in [-0.4, -0.2) is 11.5 Å². The summed E-state index contributed by atoms with van der Waals surface area (Å²) in [7, 11) is 0. The first kappa shape index (κ1) is 9.59. The highest BCUT2D eigenvalue weighted by atomic mass is 127. The van der Waals surface area contributed by atoms with Crippen molar-refractivity contribution in [2.45, 2.75) is 18.4 Å². The molecule has 1 saturated carbocycles. The van der Waals surface area contributed by atoms with Crippen LogP contribution in [0, 0.1) is 3.57 Å². The molecule has 0 radical (unpaired) electrons. The summed E-state index contributed by atoms with van der Waals surface area (Å²) in [6.07, 6.45) is 2.17. The van der Waals surface area contributed by atoms with E-state index >= 15 is 0 Å². The number of hydrogen-bond donors (Lipinski definition) is 0. The summed E-state index contributed by atoms with van der Waals surface area (Å²) < 4.78 is 7.00. The lowest BCUT2D eigenvalue weighted by Crippen LogP contribution is -2.19. The van der Waals surface area contributed by atoms with E-state index in [1.165, 1.54) is 3.57 Å². The highest BCUT2D eigenvalue weighted by Gasteiger charge is 2.44. The van der Waals surface area contributed by atoms with E-state index in [1.54, 1.807) is 0 Å². The van der Waals surface area contributed by atoms with Crippen LogP contribution >= 0.6 is 34.2 Å². The molecule has 1 aliphatic rings. The first-order chi connectivity index (χ1) is 6.24. The standard InChI is InChI=1S/C10H10ClIO/c11-7-10(4-5-10)13-9-3-1-2-8(12)6-9/h1-3,6H,4-5,7H2. The van der Waals surface area contributed by atoms with Crippen LogP contribution in [0.15, 0.2) is 24.3 Å². The fourth-order valence-electron chi connectivity index (χ4n) is 1.18. The second kappa shape index (κ2) is 3.65. The molecule has 0 atom stereocenters. The molecular formula is C10H10ClIO. The van der Waals surface area contributed by atoms with Crippen molar-refractivity contribution in [3.63, 3.8) is 0 Å². The van der Waals surface area contributed by atoms with Gasteiger partial charge in [0.2, 0.25) is 0 Å². The molecule has 0 aliphatic heterocycles. The van der Waals surface area contributed by atoms with Crippen molar-refractivity contribution in [3.8, 4) is 5.75 Å². The van der Waals surface area contributed by atoms with Gasteiger partial charge in [-0.15, -0.1) is 11.6 Å². The van der Waals surface area contributed by atoms with Gasteiger partial charge in [0.15, 0.2) is 0 Å². The lowest BCUT2D eigenvalue weighted by molar-refractivity contribution is 0.203. The zero-order chi connectivity index (χ0) is 9.31. The Labute approximate surface area is 96.6 Å². The van der Waals surface area contributed by atoms with Gasteiger partial charge >= 0.3 is 0 Å². The summed E-state index contributed by atoms with van der Waals surface area (Å²) in [6, 6.07) is 8.07. The normalized spacial score (nSPS) is 18.3. The molecule has 0 amide bonds. The Kier molecular flexibility index (Phi) is 2.70. The van der Waals surface area contributed by atoms with Crippen molar-refractivity contribution >= 4 is 34.2 Å². The molecular weight excluding hydrogens is 298 g/mol. The van der Waals surface area contributed by atoms with Crippen molar-refractivity contribution in [1.82, 2.24) is 0 Å². The van der Waals surface area contributed by atoms with Gasteiger partial charge in [0.1, 0.15) is 11.4 Å². The number of hydrogen-bond acceptors (Lipinski definition) is 1. The molecule has 70 valence electrons. The molecule has 1 aromatic carbocycles. The van der Waals surface area contributed by atoms with E-state index in [1.807, 2.05) is 24.3 Å². The Morgan fingerprint density at radius 3 is 2.77 bits per heavy atom. The fraction of sp³-hybridized carbons (Fsp3) is 0.400. The van der Waals surface area contributed by atoms with Crippen LogP contribution in [0.1, 0.15) is 12.8 Å². The molecule has 1 nitrogen and oxygen atoms in total. The molecule has 0 heterocycles. The van der Waals surface area contributed by atoms with E-state index in [2.05, 4.69) is 22.6 Å². The number of rotatable bonds is 3. The van der Waals surface area contributed by atoms with Crippen LogP contribution in [0.2, 0.25) is 0 Å². The molecule has 0 unspecified atom stereocenters. The van der Waals surface area contributed by atoms with Crippen LogP contribution < -0.4 is 4.74 Å². The summed E-state index contributed by atoms with van der Waals surface area (Å²) >= 11 is 8.09. The Bertz CT molecular complexity index is 310. The highest BCUT2D eigenvalue weighted by molar-refractivity contribution is 14.1. The first-order valence-electron chi connectivity index (χ1n) is 4.25. The maximum absolute atomic E-state index is 5.82. The summed E-state index contributed by atoms with van der Waals surface area (Å²) in [5.74, 6) is 1.53. The van der Waals surface area contributed by atoms with Crippen molar-refractivity contribution < 1.29 is 4.74 Å². The third-order valence-electron chi connectivity index (χ3n) is 2.18. The van der Waals surface area contributed by atoms with Crippen LogP contribution in [0.3, 0.4) is 0 Å². The van der Waals surface area contributed by atoms with Crippen molar-refractivity contribution in [3.05, 3.63) is 27.8 Å². The maximum Gasteiger partial charge on any atom is 0.123 e. The average molecular weight is 309 g/mol. The summed E-state index contributed by atoms with van der Waals surface area (Å²) in [6.45, 7) is 0. The SMILES string of the molecule is ClCC1(Oc2cccc(I)c2)CC1. The Balaban J connectivity index is 2.09. The topological polar surface area (TPSA) is 9.23 Å². The number of halogens is 2. The van der Waals surface area contributed by atoms with Crippen LogP contribution in [-0.2, 0) is 0 Å². The Morgan fingerprint density at radius 1 is 1.46 bits per heavy atom. The monoisotopic (exact) mass is 308 g/mol. The van der Waals surface area contributed by atoms with Gasteiger partial charge in [0.25, 0.3) is 0 Å². The zero-order valence-electron chi connectivity index (χ0n) is 7.09. The second-order valence-corrected chi connectivity index (χ2v) is 4.89. The third-order valence-corrected chi connectivity index (χ3v) is 3.34. The lowest BCUT2D eigenvalue weighted by atomic mass is 10.3. The number of alkyl halides is 1. The lowest BCUT2D eigenvalue weighted by Gasteiger charge is -2.14. The van der Waals surface area contributed by atoms with E-state index in [4.69, 9.17) is 16.3 Å². The predicted octanol–water partition coefficient (Wildman–Crippen LogP) is 3.44. The third kappa shape index (κ3) is 2.29. The molecule has 1 aliphatic carbocycles. The van der Waals surface area contributed by atoms with Gasteiger partial charge in [-0.05, 0) is 53.6 Å². The highest BCUT2D eigenvalue weighted by Crippen LogP contribution is 2.41. The number of ether oxygens (including phenoxy) is 1. The molecule has 0 bridgehead atoms. The smallest absolute Gasteiger partial charge is 0.123 e. The van der Waals surface area contributed by atoms with Crippen LogP contribution in [0.25, 0.3) is 0 Å². The van der Waals surface area contributed by atoms with Crippen molar-refractivity contribution in [2.75, 3.05) is 5.88 Å². The van der Waals surface area contributed by atoms with E-state index in [9.17, 15) is 0 Å². The quantitative estimate of drug-likeness (QED) is 0.614. The predicted molar refractivity (Wildman–Crippen MR) is 62.5 cm³/mol. The summed E-state index contributed by atoms with van der Waals surface area (Å²) in [5.41, 5.74) is -0.0496. The maximum atomic E-state index is 5.82. The van der Waals surface area contributed by atoms with E-state index in [-0.39, 0.29) is 5.60 Å². The minimum atomic E-state index is -0.0496. The molecule has 0 aromatic heterocycles. The number of benzene rings is 1.